The number of hydrogen-bond donors (Lipinski definition) is 0. The van der Waals surface area contributed by atoms with Crippen LogP contribution in [0.4, 0.5) is 0 Å². The van der Waals surface area contributed by atoms with Crippen molar-refractivity contribution in [3.05, 3.63) is 5.92 Å². The zero-order chi connectivity index (χ0) is 6.91. The van der Waals surface area contributed by atoms with E-state index >= 15 is 0 Å². The van der Waals surface area contributed by atoms with Crippen LogP contribution in [0.25, 0.3) is 0 Å². The van der Waals surface area contributed by atoms with Crippen LogP contribution < -0.4 is 18.9 Å². The summed E-state index contributed by atoms with van der Waals surface area (Å²) >= 11 is 0. The fourth-order valence-corrected chi connectivity index (χ4v) is 0.551. The maximum atomic E-state index is 5.52. The molecule has 0 spiro atoms. The standard InChI is InChI=1S/C8H15O.Li/c1-8(2,3)9-6-7-4-5-7;/h4-6H2,1-3H3;/q-1;+1. The first kappa shape index (κ1) is 10.6. The third-order valence-electron chi connectivity index (χ3n) is 1.31. The van der Waals surface area contributed by atoms with E-state index in [1.54, 1.807) is 5.92 Å². The molecule has 0 aliphatic heterocycles. The minimum Gasteiger partial charge on any atom is -0.407 e. The molecular formula is C8H15LiO. The molecule has 0 N–H and O–H groups in total. The third kappa shape index (κ3) is 5.35. The van der Waals surface area contributed by atoms with Crippen LogP contribution in [0.5, 0.6) is 0 Å². The minimum atomic E-state index is 0. The molecule has 10 heavy (non-hydrogen) atoms. The van der Waals surface area contributed by atoms with Gasteiger partial charge in [0.2, 0.25) is 0 Å². The van der Waals surface area contributed by atoms with E-state index in [9.17, 15) is 0 Å². The summed E-state index contributed by atoms with van der Waals surface area (Å²) < 4.78 is 5.52. The molecule has 0 amide bonds. The Labute approximate surface area is 75.7 Å². The summed E-state index contributed by atoms with van der Waals surface area (Å²) in [5.41, 5.74) is 0.0512. The predicted molar refractivity (Wildman–Crippen MR) is 38.2 cm³/mol. The molecule has 1 aliphatic rings. The van der Waals surface area contributed by atoms with Crippen molar-refractivity contribution in [3.63, 3.8) is 0 Å². The molecule has 0 aromatic carbocycles. The maximum Gasteiger partial charge on any atom is 1.00 e. The first-order valence-corrected chi connectivity index (χ1v) is 3.55. The van der Waals surface area contributed by atoms with Crippen molar-refractivity contribution in [1.29, 1.82) is 0 Å². The maximum absolute atomic E-state index is 5.52. The molecule has 1 aliphatic carbocycles. The van der Waals surface area contributed by atoms with Crippen molar-refractivity contribution >= 4 is 0 Å². The summed E-state index contributed by atoms with van der Waals surface area (Å²) in [6.07, 6.45) is 2.60. The molecule has 2 heteroatoms. The van der Waals surface area contributed by atoms with Gasteiger partial charge in [-0.3, -0.25) is 5.92 Å². The molecule has 0 bridgehead atoms. The average Bonchev–Trinajstić information content (AvgIpc) is 2.38. The second-order valence-electron chi connectivity index (χ2n) is 3.65. The molecule has 0 radical (unpaired) electrons. The molecule has 0 aromatic rings. The molecule has 0 heterocycles. The van der Waals surface area contributed by atoms with Crippen LogP contribution in [0.15, 0.2) is 0 Å². The fourth-order valence-electron chi connectivity index (χ4n) is 0.551. The van der Waals surface area contributed by atoms with Crippen molar-refractivity contribution in [2.45, 2.75) is 39.2 Å². The predicted octanol–water partition coefficient (Wildman–Crippen LogP) is -0.826. The van der Waals surface area contributed by atoms with Gasteiger partial charge in [0.25, 0.3) is 0 Å². The Morgan fingerprint density at radius 1 is 1.30 bits per heavy atom. The number of hydrogen-bond acceptors (Lipinski definition) is 1. The molecule has 1 saturated carbocycles. The Balaban J connectivity index is 0.000000810. The Hall–Kier alpha value is 0.557. The quantitative estimate of drug-likeness (QED) is 0.354. The van der Waals surface area contributed by atoms with Crippen LogP contribution in [-0.4, -0.2) is 12.2 Å². The SMILES string of the molecule is CC(C)(C)OC[C-]1CC1.[Li+]. The van der Waals surface area contributed by atoms with Gasteiger partial charge in [-0.15, -0.1) is 0 Å². The molecule has 0 unspecified atom stereocenters. The summed E-state index contributed by atoms with van der Waals surface area (Å²) in [5.74, 6) is 1.57. The van der Waals surface area contributed by atoms with Gasteiger partial charge in [-0.1, -0.05) is 6.61 Å². The smallest absolute Gasteiger partial charge is 0.407 e. The first-order valence-electron chi connectivity index (χ1n) is 3.55. The van der Waals surface area contributed by atoms with Crippen molar-refractivity contribution in [1.82, 2.24) is 0 Å². The van der Waals surface area contributed by atoms with Crippen LogP contribution in [0.2, 0.25) is 0 Å². The molecule has 1 nitrogen and oxygen atoms in total. The van der Waals surface area contributed by atoms with E-state index < -0.39 is 0 Å². The molecule has 0 saturated heterocycles. The van der Waals surface area contributed by atoms with Gasteiger partial charge in [0.05, 0.1) is 5.60 Å². The zero-order valence-corrected chi connectivity index (χ0v) is 7.53. The monoisotopic (exact) mass is 134 g/mol. The Morgan fingerprint density at radius 2 is 1.80 bits per heavy atom. The van der Waals surface area contributed by atoms with E-state index in [0.717, 1.165) is 6.61 Å². The van der Waals surface area contributed by atoms with Gasteiger partial charge in [-0.25, -0.2) is 12.8 Å². The van der Waals surface area contributed by atoms with Gasteiger partial charge in [0.15, 0.2) is 0 Å². The van der Waals surface area contributed by atoms with Gasteiger partial charge in [0.1, 0.15) is 0 Å². The molecule has 54 valence electrons. The Morgan fingerprint density at radius 3 is 2.10 bits per heavy atom. The van der Waals surface area contributed by atoms with E-state index in [1.165, 1.54) is 12.8 Å². The molecule has 1 fully saturated rings. The molecule has 1 rings (SSSR count). The Bertz CT molecular complexity index is 91.9. The normalized spacial score (nSPS) is 18.3. The zero-order valence-electron chi connectivity index (χ0n) is 7.53. The third-order valence-corrected chi connectivity index (χ3v) is 1.31. The van der Waals surface area contributed by atoms with E-state index in [4.69, 9.17) is 4.74 Å². The molecule has 0 aromatic heterocycles. The van der Waals surface area contributed by atoms with E-state index in [1.807, 2.05) is 0 Å². The van der Waals surface area contributed by atoms with Gasteiger partial charge in [-0.2, -0.15) is 0 Å². The van der Waals surface area contributed by atoms with Crippen LogP contribution in [0.3, 0.4) is 0 Å². The second kappa shape index (κ2) is 3.81. The van der Waals surface area contributed by atoms with Gasteiger partial charge >= 0.3 is 18.9 Å². The average molecular weight is 134 g/mol. The van der Waals surface area contributed by atoms with Gasteiger partial charge in [-0.05, 0) is 20.8 Å². The van der Waals surface area contributed by atoms with Crippen LogP contribution >= 0.6 is 0 Å². The van der Waals surface area contributed by atoms with Crippen LogP contribution in [0, 0.1) is 5.92 Å². The van der Waals surface area contributed by atoms with E-state index in [0.29, 0.717) is 0 Å². The van der Waals surface area contributed by atoms with Gasteiger partial charge < -0.3 is 4.74 Å². The summed E-state index contributed by atoms with van der Waals surface area (Å²) in [5, 5.41) is 0. The number of rotatable bonds is 2. The minimum absolute atomic E-state index is 0. The van der Waals surface area contributed by atoms with Crippen molar-refractivity contribution < 1.29 is 23.6 Å². The van der Waals surface area contributed by atoms with Crippen molar-refractivity contribution in [2.24, 2.45) is 0 Å². The fraction of sp³-hybridized carbons (Fsp3) is 0.875. The second-order valence-corrected chi connectivity index (χ2v) is 3.65. The topological polar surface area (TPSA) is 9.23 Å². The Kier molecular flexibility index (Phi) is 4.02. The van der Waals surface area contributed by atoms with E-state index in [2.05, 4.69) is 20.8 Å². The van der Waals surface area contributed by atoms with Crippen molar-refractivity contribution in [3.8, 4) is 0 Å². The van der Waals surface area contributed by atoms with E-state index in [-0.39, 0.29) is 24.5 Å². The summed E-state index contributed by atoms with van der Waals surface area (Å²) in [6.45, 7) is 7.17. The first-order chi connectivity index (χ1) is 4.08. The number of ether oxygens (including phenoxy) is 1. The summed E-state index contributed by atoms with van der Waals surface area (Å²) in [4.78, 5) is 0. The van der Waals surface area contributed by atoms with Gasteiger partial charge in [0, 0.05) is 0 Å². The molecular weight excluding hydrogens is 119 g/mol. The van der Waals surface area contributed by atoms with Crippen LogP contribution in [0.1, 0.15) is 33.6 Å². The summed E-state index contributed by atoms with van der Waals surface area (Å²) in [6, 6.07) is 0. The summed E-state index contributed by atoms with van der Waals surface area (Å²) in [7, 11) is 0. The van der Waals surface area contributed by atoms with Crippen LogP contribution in [-0.2, 0) is 4.74 Å². The van der Waals surface area contributed by atoms with Crippen molar-refractivity contribution in [2.75, 3.05) is 6.61 Å². The molecule has 0 atom stereocenters. The largest absolute Gasteiger partial charge is 1.00 e.